The van der Waals surface area contributed by atoms with E-state index in [9.17, 15) is 16.8 Å². The van der Waals surface area contributed by atoms with Crippen LogP contribution >= 0.6 is 0 Å². The van der Waals surface area contributed by atoms with E-state index in [1.165, 1.54) is 48.8 Å². The number of anilines is 1. The summed E-state index contributed by atoms with van der Waals surface area (Å²) in [6.45, 7) is 5.60. The number of nitrogens with one attached hydrogen (secondary N) is 2. The minimum Gasteiger partial charge on any atom is -0.280 e. The van der Waals surface area contributed by atoms with Crippen LogP contribution < -0.4 is 9.44 Å². The second kappa shape index (κ2) is 7.51. The molecular formula is C16H21N3O4S2. The summed E-state index contributed by atoms with van der Waals surface area (Å²) in [5, 5.41) is 0. The molecule has 0 aliphatic heterocycles. The summed E-state index contributed by atoms with van der Waals surface area (Å²) in [5.74, 6) is 0.138. The fourth-order valence-electron chi connectivity index (χ4n) is 1.88. The maximum absolute atomic E-state index is 12.3. The number of nitrogens with zero attached hydrogens (tertiary/aromatic N) is 1. The van der Waals surface area contributed by atoms with E-state index >= 15 is 0 Å². The van der Waals surface area contributed by atoms with Crippen molar-refractivity contribution in [1.82, 2.24) is 9.71 Å². The van der Waals surface area contributed by atoms with E-state index in [0.717, 1.165) is 0 Å². The Morgan fingerprint density at radius 2 is 1.28 bits per heavy atom. The molecule has 9 heteroatoms. The first kappa shape index (κ1) is 19.4. The Bertz CT molecular complexity index is 910. The number of aromatic nitrogens is 1. The Labute approximate surface area is 148 Å². The Hall–Kier alpha value is -1.97. The Morgan fingerprint density at radius 1 is 0.800 bits per heavy atom. The fraction of sp³-hybridized carbons (Fsp3) is 0.312. The Balaban J connectivity index is 2.22. The highest BCUT2D eigenvalue weighted by Crippen LogP contribution is 2.18. The van der Waals surface area contributed by atoms with E-state index in [0.29, 0.717) is 5.69 Å². The van der Waals surface area contributed by atoms with Gasteiger partial charge in [0.25, 0.3) is 10.0 Å². The molecular weight excluding hydrogens is 362 g/mol. The van der Waals surface area contributed by atoms with E-state index in [1.807, 2.05) is 13.8 Å². The average Bonchev–Trinajstić information content (AvgIpc) is 2.55. The van der Waals surface area contributed by atoms with E-state index < -0.39 is 20.0 Å². The molecule has 1 aromatic carbocycles. The van der Waals surface area contributed by atoms with Crippen molar-refractivity contribution in [2.45, 2.75) is 36.6 Å². The van der Waals surface area contributed by atoms with Crippen molar-refractivity contribution < 1.29 is 16.8 Å². The van der Waals surface area contributed by atoms with Gasteiger partial charge in [-0.3, -0.25) is 9.71 Å². The maximum atomic E-state index is 12.3. The van der Waals surface area contributed by atoms with E-state index in [-0.39, 0.29) is 21.8 Å². The third-order valence-corrected chi connectivity index (χ3v) is 6.69. The predicted molar refractivity (Wildman–Crippen MR) is 96.1 cm³/mol. The van der Waals surface area contributed by atoms with Gasteiger partial charge in [0.1, 0.15) is 0 Å². The number of hydrogen-bond acceptors (Lipinski definition) is 5. The highest BCUT2D eigenvalue weighted by Gasteiger charge is 2.21. The Kier molecular flexibility index (Phi) is 5.81. The minimum absolute atomic E-state index is 0.0165. The number of benzene rings is 1. The molecule has 0 fully saturated rings. The maximum Gasteiger partial charge on any atom is 0.261 e. The largest absolute Gasteiger partial charge is 0.280 e. The molecule has 1 aromatic heterocycles. The van der Waals surface area contributed by atoms with Crippen LogP contribution in [0.1, 0.15) is 20.8 Å². The summed E-state index contributed by atoms with van der Waals surface area (Å²) >= 11 is 0. The lowest BCUT2D eigenvalue weighted by Crippen LogP contribution is -2.36. The molecule has 1 atom stereocenters. The van der Waals surface area contributed by atoms with Crippen molar-refractivity contribution >= 4 is 25.7 Å². The van der Waals surface area contributed by atoms with Crippen molar-refractivity contribution in [1.29, 1.82) is 0 Å². The lowest BCUT2D eigenvalue weighted by molar-refractivity contribution is 0.476. The second-order valence-corrected chi connectivity index (χ2v) is 9.36. The molecule has 0 spiro atoms. The van der Waals surface area contributed by atoms with Gasteiger partial charge in [0.05, 0.1) is 15.5 Å². The third kappa shape index (κ3) is 5.00. The molecule has 0 bridgehead atoms. The average molecular weight is 383 g/mol. The van der Waals surface area contributed by atoms with Crippen LogP contribution in [0.3, 0.4) is 0 Å². The highest BCUT2D eigenvalue weighted by atomic mass is 32.2. The summed E-state index contributed by atoms with van der Waals surface area (Å²) in [7, 11) is -7.50. The predicted octanol–water partition coefficient (Wildman–Crippen LogP) is 2.21. The smallest absolute Gasteiger partial charge is 0.261 e. The first-order chi connectivity index (χ1) is 11.6. The molecule has 1 unspecified atom stereocenters. The summed E-state index contributed by atoms with van der Waals surface area (Å²) in [4.78, 5) is 3.80. The molecule has 0 saturated heterocycles. The van der Waals surface area contributed by atoms with Crippen molar-refractivity contribution in [3.63, 3.8) is 0 Å². The number of rotatable bonds is 7. The Morgan fingerprint density at radius 3 is 1.76 bits per heavy atom. The van der Waals surface area contributed by atoms with Crippen LogP contribution in [0.4, 0.5) is 5.69 Å². The van der Waals surface area contributed by atoms with Gasteiger partial charge in [-0.05, 0) is 49.2 Å². The van der Waals surface area contributed by atoms with Crippen LogP contribution in [0, 0.1) is 5.92 Å². The van der Waals surface area contributed by atoms with Gasteiger partial charge in [-0.2, -0.15) is 0 Å². The van der Waals surface area contributed by atoms with Crippen LogP contribution in [-0.4, -0.2) is 27.9 Å². The zero-order valence-corrected chi connectivity index (χ0v) is 15.8. The van der Waals surface area contributed by atoms with Crippen LogP contribution in [0.15, 0.2) is 58.6 Å². The molecule has 0 saturated carbocycles. The number of hydrogen-bond donors (Lipinski definition) is 2. The molecule has 0 radical (unpaired) electrons. The van der Waals surface area contributed by atoms with Crippen molar-refractivity contribution in [3.8, 4) is 0 Å². The van der Waals surface area contributed by atoms with Crippen LogP contribution in [-0.2, 0) is 20.0 Å². The topological polar surface area (TPSA) is 105 Å². The van der Waals surface area contributed by atoms with Crippen LogP contribution in [0.5, 0.6) is 0 Å². The van der Waals surface area contributed by atoms with Crippen LogP contribution in [0.2, 0.25) is 0 Å². The minimum atomic E-state index is -3.81. The first-order valence-corrected chi connectivity index (χ1v) is 10.6. The SMILES string of the molecule is CC(C)C(C)NS(=O)(=O)c1ccc(S(=O)(=O)Nc2ccncc2)cc1. The molecule has 0 aliphatic rings. The summed E-state index contributed by atoms with van der Waals surface area (Å²) < 4.78 is 54.3. The van der Waals surface area contributed by atoms with Gasteiger partial charge in [0.2, 0.25) is 10.0 Å². The van der Waals surface area contributed by atoms with Gasteiger partial charge in [0.15, 0.2) is 0 Å². The first-order valence-electron chi connectivity index (χ1n) is 7.67. The lowest BCUT2D eigenvalue weighted by Gasteiger charge is -2.17. The molecule has 7 nitrogen and oxygen atoms in total. The normalized spacial score (nSPS) is 13.6. The fourth-order valence-corrected chi connectivity index (χ4v) is 4.33. The van der Waals surface area contributed by atoms with Crippen molar-refractivity contribution in [2.24, 2.45) is 5.92 Å². The second-order valence-electron chi connectivity index (χ2n) is 5.97. The van der Waals surface area contributed by atoms with Crippen molar-refractivity contribution in [3.05, 3.63) is 48.8 Å². The van der Waals surface area contributed by atoms with Gasteiger partial charge in [-0.15, -0.1) is 0 Å². The number of sulfonamides is 2. The summed E-state index contributed by atoms with van der Waals surface area (Å²) in [6.07, 6.45) is 2.93. The van der Waals surface area contributed by atoms with E-state index in [4.69, 9.17) is 0 Å². The lowest BCUT2D eigenvalue weighted by atomic mass is 10.1. The zero-order chi connectivity index (χ0) is 18.7. The molecule has 2 aromatic rings. The zero-order valence-electron chi connectivity index (χ0n) is 14.2. The molecule has 136 valence electrons. The summed E-state index contributed by atoms with van der Waals surface area (Å²) in [6, 6.07) is 7.88. The molecule has 0 amide bonds. The molecule has 2 rings (SSSR count). The third-order valence-electron chi connectivity index (χ3n) is 3.72. The van der Waals surface area contributed by atoms with E-state index in [2.05, 4.69) is 14.4 Å². The molecule has 0 aliphatic carbocycles. The highest BCUT2D eigenvalue weighted by molar-refractivity contribution is 7.92. The van der Waals surface area contributed by atoms with Gasteiger partial charge < -0.3 is 0 Å². The van der Waals surface area contributed by atoms with Crippen molar-refractivity contribution in [2.75, 3.05) is 4.72 Å². The number of pyridine rings is 1. The van der Waals surface area contributed by atoms with Gasteiger partial charge in [-0.1, -0.05) is 13.8 Å². The standard InChI is InChI=1S/C16H21N3O4S2/c1-12(2)13(3)18-24(20,21)15-4-6-16(7-5-15)25(22,23)19-14-8-10-17-11-9-14/h4-13,18H,1-3H3,(H,17,19). The quantitative estimate of drug-likeness (QED) is 0.762. The van der Waals surface area contributed by atoms with Crippen LogP contribution in [0.25, 0.3) is 0 Å². The monoisotopic (exact) mass is 383 g/mol. The molecule has 25 heavy (non-hydrogen) atoms. The van der Waals surface area contributed by atoms with Gasteiger partial charge in [0, 0.05) is 18.4 Å². The molecule has 1 heterocycles. The van der Waals surface area contributed by atoms with Gasteiger partial charge >= 0.3 is 0 Å². The summed E-state index contributed by atoms with van der Waals surface area (Å²) in [5.41, 5.74) is 0.374. The van der Waals surface area contributed by atoms with Gasteiger partial charge in [-0.25, -0.2) is 21.6 Å². The molecule has 2 N–H and O–H groups in total. The van der Waals surface area contributed by atoms with E-state index in [1.54, 1.807) is 6.92 Å².